The molecule has 1 atom stereocenters. The maximum absolute atomic E-state index is 11.9. The van der Waals surface area contributed by atoms with Gasteiger partial charge in [-0.25, -0.2) is 4.98 Å². The molecule has 7 nitrogen and oxygen atoms in total. The number of carbonyl (C=O) groups excluding carboxylic acids is 1. The molecule has 1 aliphatic heterocycles. The van der Waals surface area contributed by atoms with Gasteiger partial charge in [0.25, 0.3) is 5.56 Å². The number of hydrogen-bond acceptors (Lipinski definition) is 5. The zero-order valence-corrected chi connectivity index (χ0v) is 11.0. The second-order valence-corrected chi connectivity index (χ2v) is 4.93. The van der Waals surface area contributed by atoms with Gasteiger partial charge in [-0.05, 0) is 18.6 Å². The van der Waals surface area contributed by atoms with E-state index in [9.17, 15) is 9.59 Å². The summed E-state index contributed by atoms with van der Waals surface area (Å²) in [6.07, 6.45) is 2.08. The number of benzene rings is 1. The number of hydrogen-bond donors (Lipinski definition) is 3. The van der Waals surface area contributed by atoms with E-state index in [1.54, 1.807) is 24.1 Å². The van der Waals surface area contributed by atoms with Gasteiger partial charge in [0.2, 0.25) is 5.91 Å². The Morgan fingerprint density at radius 2 is 2.25 bits per heavy atom. The van der Waals surface area contributed by atoms with E-state index in [-0.39, 0.29) is 17.5 Å². The average molecular weight is 273 g/mol. The predicted octanol–water partition coefficient (Wildman–Crippen LogP) is 0.148. The summed E-state index contributed by atoms with van der Waals surface area (Å²) in [5.74, 6) is 0.0448. The molecule has 4 N–H and O–H groups in total. The number of aromatic amines is 1. The van der Waals surface area contributed by atoms with Crippen LogP contribution in [0.3, 0.4) is 0 Å². The molecule has 1 aliphatic rings. The van der Waals surface area contributed by atoms with E-state index in [0.717, 1.165) is 13.0 Å². The summed E-state index contributed by atoms with van der Waals surface area (Å²) >= 11 is 0. The highest BCUT2D eigenvalue weighted by molar-refractivity contribution is 5.91. The Balaban J connectivity index is 1.98. The Morgan fingerprint density at radius 1 is 1.45 bits per heavy atom. The van der Waals surface area contributed by atoms with Crippen LogP contribution in [0, 0.1) is 0 Å². The molecule has 1 amide bonds. The largest absolute Gasteiger partial charge is 0.397 e. The zero-order chi connectivity index (χ0) is 14.3. The molecule has 0 aliphatic carbocycles. The van der Waals surface area contributed by atoms with Gasteiger partial charge in [0.1, 0.15) is 6.04 Å². The van der Waals surface area contributed by atoms with Crippen LogP contribution in [0.5, 0.6) is 0 Å². The molecular weight excluding hydrogens is 258 g/mol. The lowest BCUT2D eigenvalue weighted by Crippen LogP contribution is -2.31. The third-order valence-corrected chi connectivity index (χ3v) is 3.57. The Bertz CT molecular complexity index is 739. The van der Waals surface area contributed by atoms with Gasteiger partial charge >= 0.3 is 0 Å². The predicted molar refractivity (Wildman–Crippen MR) is 76.4 cm³/mol. The van der Waals surface area contributed by atoms with Crippen LogP contribution in [0.25, 0.3) is 10.9 Å². The van der Waals surface area contributed by atoms with Crippen molar-refractivity contribution in [2.24, 2.45) is 0 Å². The number of rotatable bonds is 2. The first-order chi connectivity index (χ1) is 9.56. The van der Waals surface area contributed by atoms with Crippen molar-refractivity contribution < 1.29 is 4.79 Å². The van der Waals surface area contributed by atoms with Crippen molar-refractivity contribution in [1.29, 1.82) is 0 Å². The van der Waals surface area contributed by atoms with Gasteiger partial charge in [-0.3, -0.25) is 9.59 Å². The number of nitrogen functional groups attached to an aromatic ring is 1. The monoisotopic (exact) mass is 273 g/mol. The fourth-order valence-corrected chi connectivity index (χ4v) is 2.40. The summed E-state index contributed by atoms with van der Waals surface area (Å²) in [5.41, 5.74) is 7.32. The molecule has 0 spiro atoms. The Kier molecular flexibility index (Phi) is 2.81. The summed E-state index contributed by atoms with van der Waals surface area (Å²) < 4.78 is 0. The maximum Gasteiger partial charge on any atom is 0.258 e. The lowest BCUT2D eigenvalue weighted by molar-refractivity contribution is -0.127. The highest BCUT2D eigenvalue weighted by atomic mass is 16.2. The number of likely N-dealkylation sites (N-methyl/N-ethyl adjacent to an activating group) is 1. The van der Waals surface area contributed by atoms with E-state index in [4.69, 9.17) is 5.73 Å². The van der Waals surface area contributed by atoms with Gasteiger partial charge in [0.05, 0.1) is 28.6 Å². The van der Waals surface area contributed by atoms with Crippen molar-refractivity contribution in [2.45, 2.75) is 12.5 Å². The number of H-pyrrole nitrogens is 1. The second kappa shape index (κ2) is 4.52. The van der Waals surface area contributed by atoms with Crippen molar-refractivity contribution in [1.82, 2.24) is 14.9 Å². The molecule has 2 heterocycles. The topological polar surface area (TPSA) is 104 Å². The molecule has 1 saturated heterocycles. The molecule has 104 valence electrons. The van der Waals surface area contributed by atoms with Gasteiger partial charge in [-0.15, -0.1) is 0 Å². The number of likely N-dealkylation sites (tertiary alicyclic amines) is 1. The molecule has 0 bridgehead atoms. The van der Waals surface area contributed by atoms with Crippen LogP contribution < -0.4 is 16.6 Å². The van der Waals surface area contributed by atoms with E-state index in [1.807, 2.05) is 0 Å². The van der Waals surface area contributed by atoms with Gasteiger partial charge < -0.3 is 20.9 Å². The Hall–Kier alpha value is -2.57. The minimum absolute atomic E-state index is 0.0448. The van der Waals surface area contributed by atoms with Gasteiger partial charge in [0, 0.05) is 13.6 Å². The van der Waals surface area contributed by atoms with E-state index >= 15 is 0 Å². The fourth-order valence-electron chi connectivity index (χ4n) is 2.40. The molecule has 7 heteroatoms. The van der Waals surface area contributed by atoms with E-state index in [0.29, 0.717) is 22.3 Å². The highest BCUT2D eigenvalue weighted by Gasteiger charge is 2.29. The maximum atomic E-state index is 11.9. The van der Waals surface area contributed by atoms with Crippen LogP contribution in [-0.4, -0.2) is 40.4 Å². The molecular formula is C13H15N5O2. The van der Waals surface area contributed by atoms with Gasteiger partial charge in [-0.1, -0.05) is 0 Å². The fraction of sp³-hybridized carbons (Fsp3) is 0.308. The van der Waals surface area contributed by atoms with Gasteiger partial charge in [-0.2, -0.15) is 0 Å². The van der Waals surface area contributed by atoms with Crippen LogP contribution in [0.15, 0.2) is 23.3 Å². The van der Waals surface area contributed by atoms with Crippen molar-refractivity contribution in [3.63, 3.8) is 0 Å². The molecule has 1 aromatic carbocycles. The average Bonchev–Trinajstić information content (AvgIpc) is 2.73. The minimum Gasteiger partial charge on any atom is -0.397 e. The van der Waals surface area contributed by atoms with Crippen molar-refractivity contribution in [3.8, 4) is 0 Å². The summed E-state index contributed by atoms with van der Waals surface area (Å²) in [6.45, 7) is 0.724. The van der Waals surface area contributed by atoms with Crippen LogP contribution in [0.4, 0.5) is 11.4 Å². The first-order valence-corrected chi connectivity index (χ1v) is 6.34. The Labute approximate surface area is 114 Å². The molecule has 0 saturated carbocycles. The normalized spacial score (nSPS) is 18.8. The summed E-state index contributed by atoms with van der Waals surface area (Å²) in [7, 11) is 1.77. The van der Waals surface area contributed by atoms with Crippen LogP contribution in [0.1, 0.15) is 6.42 Å². The SMILES string of the molecule is CN1CCC(Nc2cc3nc[nH]c(=O)c3cc2N)C1=O. The van der Waals surface area contributed by atoms with E-state index in [2.05, 4.69) is 15.3 Å². The molecule has 1 aromatic heterocycles. The number of anilines is 2. The highest BCUT2D eigenvalue weighted by Crippen LogP contribution is 2.25. The summed E-state index contributed by atoms with van der Waals surface area (Å²) in [5, 5.41) is 3.57. The molecule has 20 heavy (non-hydrogen) atoms. The first kappa shape index (κ1) is 12.5. The number of fused-ring (bicyclic) bond motifs is 1. The zero-order valence-electron chi connectivity index (χ0n) is 11.0. The lowest BCUT2D eigenvalue weighted by atomic mass is 10.1. The third-order valence-electron chi connectivity index (χ3n) is 3.57. The summed E-state index contributed by atoms with van der Waals surface area (Å²) in [4.78, 5) is 31.8. The quantitative estimate of drug-likeness (QED) is 0.676. The van der Waals surface area contributed by atoms with Crippen LogP contribution in [0.2, 0.25) is 0 Å². The van der Waals surface area contributed by atoms with E-state index < -0.39 is 0 Å². The summed E-state index contributed by atoms with van der Waals surface area (Å²) in [6, 6.07) is 3.00. The Morgan fingerprint density at radius 3 is 2.95 bits per heavy atom. The molecule has 1 unspecified atom stereocenters. The first-order valence-electron chi connectivity index (χ1n) is 6.34. The molecule has 0 radical (unpaired) electrons. The minimum atomic E-state index is -0.276. The van der Waals surface area contributed by atoms with E-state index in [1.165, 1.54) is 6.33 Å². The van der Waals surface area contributed by atoms with Gasteiger partial charge in [0.15, 0.2) is 0 Å². The van der Waals surface area contributed by atoms with Crippen molar-refractivity contribution in [3.05, 3.63) is 28.8 Å². The third kappa shape index (κ3) is 1.97. The number of nitrogens with zero attached hydrogens (tertiary/aromatic N) is 2. The number of carbonyl (C=O) groups is 1. The molecule has 2 aromatic rings. The molecule has 3 rings (SSSR count). The number of amides is 1. The number of aromatic nitrogens is 2. The van der Waals surface area contributed by atoms with Crippen LogP contribution in [-0.2, 0) is 4.79 Å². The number of nitrogens with one attached hydrogen (secondary N) is 2. The molecule has 1 fully saturated rings. The van der Waals surface area contributed by atoms with Crippen LogP contribution >= 0.6 is 0 Å². The number of nitrogens with two attached hydrogens (primary N) is 1. The lowest BCUT2D eigenvalue weighted by Gasteiger charge is -2.15. The van der Waals surface area contributed by atoms with Crippen molar-refractivity contribution in [2.75, 3.05) is 24.6 Å². The van der Waals surface area contributed by atoms with Crippen molar-refractivity contribution >= 4 is 28.2 Å². The second-order valence-electron chi connectivity index (χ2n) is 4.93. The standard InChI is InChI=1S/C13H15N5O2/c1-18-3-2-9(13(18)20)17-11-5-10-7(4-8(11)14)12(19)16-6-15-10/h4-6,9,17H,2-3,14H2,1H3,(H,15,16,19). The smallest absolute Gasteiger partial charge is 0.258 e.